The van der Waals surface area contributed by atoms with Gasteiger partial charge in [-0.15, -0.1) is 0 Å². The normalized spacial score (nSPS) is 18.9. The molecule has 0 spiro atoms. The number of rotatable bonds is 5. The first-order valence-corrected chi connectivity index (χ1v) is 11.8. The molecule has 0 unspecified atom stereocenters. The molecule has 1 saturated heterocycles. The van der Waals surface area contributed by atoms with E-state index in [9.17, 15) is 19.2 Å². The zero-order chi connectivity index (χ0) is 25.2. The Bertz CT molecular complexity index is 1360. The van der Waals surface area contributed by atoms with Crippen molar-refractivity contribution in [2.45, 2.75) is 19.8 Å². The van der Waals surface area contributed by atoms with Crippen molar-refractivity contribution in [3.8, 4) is 0 Å². The SMILES string of the molecule is CC1=CC[C@@H]2C(=O)N(c3ccc(C(=O)Nc4ccc(C(=O)Nc5ccccc5)cc4)cc3)C(=O)[C@H]2C1. The second-order valence-electron chi connectivity index (χ2n) is 9.11. The molecule has 3 aromatic carbocycles. The molecule has 4 amide bonds. The predicted octanol–water partition coefficient (Wildman–Crippen LogP) is 5.04. The van der Waals surface area contributed by atoms with Gasteiger partial charge in [-0.2, -0.15) is 0 Å². The lowest BCUT2D eigenvalue weighted by atomic mass is 9.82. The molecule has 2 N–H and O–H groups in total. The Morgan fingerprint density at radius 2 is 1.25 bits per heavy atom. The van der Waals surface area contributed by atoms with E-state index in [1.54, 1.807) is 60.7 Å². The van der Waals surface area contributed by atoms with Crippen molar-refractivity contribution in [2.24, 2.45) is 11.8 Å². The van der Waals surface area contributed by atoms with Crippen LogP contribution in [0.15, 0.2) is 90.5 Å². The molecular weight excluding hydrogens is 454 g/mol. The highest BCUT2D eigenvalue weighted by Gasteiger charge is 2.48. The monoisotopic (exact) mass is 479 g/mol. The highest BCUT2D eigenvalue weighted by atomic mass is 16.2. The second-order valence-corrected chi connectivity index (χ2v) is 9.11. The zero-order valence-corrected chi connectivity index (χ0v) is 19.7. The van der Waals surface area contributed by atoms with Gasteiger partial charge in [0.1, 0.15) is 0 Å². The number of imide groups is 1. The molecule has 0 bridgehead atoms. The van der Waals surface area contributed by atoms with Crippen LogP contribution in [-0.2, 0) is 9.59 Å². The highest BCUT2D eigenvalue weighted by molar-refractivity contribution is 6.22. The van der Waals surface area contributed by atoms with Crippen molar-refractivity contribution in [3.05, 3.63) is 102 Å². The minimum atomic E-state index is -0.337. The Balaban J connectivity index is 1.22. The molecular formula is C29H25N3O4. The summed E-state index contributed by atoms with van der Waals surface area (Å²) in [6.07, 6.45) is 3.23. The van der Waals surface area contributed by atoms with Crippen LogP contribution < -0.4 is 15.5 Å². The van der Waals surface area contributed by atoms with E-state index in [2.05, 4.69) is 10.6 Å². The topological polar surface area (TPSA) is 95.6 Å². The molecule has 1 fully saturated rings. The highest BCUT2D eigenvalue weighted by Crippen LogP contribution is 2.39. The lowest BCUT2D eigenvalue weighted by molar-refractivity contribution is -0.122. The number of carbonyl (C=O) groups is 4. The molecule has 0 radical (unpaired) electrons. The van der Waals surface area contributed by atoms with Gasteiger partial charge in [-0.05, 0) is 80.4 Å². The van der Waals surface area contributed by atoms with Gasteiger partial charge in [-0.25, -0.2) is 0 Å². The third-order valence-corrected chi connectivity index (χ3v) is 6.65. The van der Waals surface area contributed by atoms with Gasteiger partial charge in [-0.1, -0.05) is 29.8 Å². The average Bonchev–Trinajstić information content (AvgIpc) is 3.14. The summed E-state index contributed by atoms with van der Waals surface area (Å²) in [7, 11) is 0. The molecule has 5 rings (SSSR count). The number of hydrogen-bond acceptors (Lipinski definition) is 4. The van der Waals surface area contributed by atoms with Crippen molar-refractivity contribution in [1.82, 2.24) is 0 Å². The number of amides is 4. The second kappa shape index (κ2) is 9.62. The van der Waals surface area contributed by atoms with Gasteiger partial charge in [0, 0.05) is 22.5 Å². The Labute approximate surface area is 208 Å². The summed E-state index contributed by atoms with van der Waals surface area (Å²) in [4.78, 5) is 52.2. The first kappa shape index (κ1) is 23.2. The third-order valence-electron chi connectivity index (χ3n) is 6.65. The quantitative estimate of drug-likeness (QED) is 0.396. The molecule has 0 saturated carbocycles. The van der Waals surface area contributed by atoms with E-state index in [0.717, 1.165) is 5.57 Å². The van der Waals surface area contributed by atoms with E-state index in [4.69, 9.17) is 0 Å². The van der Waals surface area contributed by atoms with Gasteiger partial charge in [0.05, 0.1) is 17.5 Å². The predicted molar refractivity (Wildman–Crippen MR) is 138 cm³/mol. The molecule has 2 atom stereocenters. The van der Waals surface area contributed by atoms with Crippen LogP contribution in [0.1, 0.15) is 40.5 Å². The molecule has 3 aromatic rings. The molecule has 180 valence electrons. The number of nitrogens with zero attached hydrogens (tertiary/aromatic N) is 1. The minimum Gasteiger partial charge on any atom is -0.322 e. The first-order chi connectivity index (χ1) is 17.4. The molecule has 1 aliphatic carbocycles. The number of fused-ring (bicyclic) bond motifs is 1. The lowest BCUT2D eigenvalue weighted by Gasteiger charge is -2.18. The van der Waals surface area contributed by atoms with Crippen LogP contribution in [0.25, 0.3) is 0 Å². The Hall–Kier alpha value is -4.52. The zero-order valence-electron chi connectivity index (χ0n) is 19.7. The number of para-hydroxylation sites is 1. The molecule has 36 heavy (non-hydrogen) atoms. The summed E-state index contributed by atoms with van der Waals surface area (Å²) in [5, 5.41) is 5.62. The van der Waals surface area contributed by atoms with E-state index in [1.807, 2.05) is 31.2 Å². The molecule has 7 nitrogen and oxygen atoms in total. The number of allylic oxidation sites excluding steroid dienone is 2. The van der Waals surface area contributed by atoms with Crippen LogP contribution in [0.4, 0.5) is 17.1 Å². The van der Waals surface area contributed by atoms with Crippen molar-refractivity contribution in [2.75, 3.05) is 15.5 Å². The van der Waals surface area contributed by atoms with Crippen LogP contribution >= 0.6 is 0 Å². The van der Waals surface area contributed by atoms with E-state index >= 15 is 0 Å². The van der Waals surface area contributed by atoms with E-state index in [0.29, 0.717) is 41.0 Å². The van der Waals surface area contributed by atoms with Gasteiger partial charge in [-0.3, -0.25) is 24.1 Å². The Morgan fingerprint density at radius 3 is 1.86 bits per heavy atom. The maximum Gasteiger partial charge on any atom is 0.255 e. The summed E-state index contributed by atoms with van der Waals surface area (Å²) in [6, 6.07) is 22.2. The van der Waals surface area contributed by atoms with Crippen molar-refractivity contribution < 1.29 is 19.2 Å². The van der Waals surface area contributed by atoms with Crippen LogP contribution in [0.2, 0.25) is 0 Å². The van der Waals surface area contributed by atoms with Crippen LogP contribution in [0.3, 0.4) is 0 Å². The molecule has 1 aliphatic heterocycles. The van der Waals surface area contributed by atoms with Gasteiger partial charge < -0.3 is 10.6 Å². The molecule has 7 heteroatoms. The van der Waals surface area contributed by atoms with Gasteiger partial charge >= 0.3 is 0 Å². The van der Waals surface area contributed by atoms with Crippen molar-refractivity contribution >= 4 is 40.7 Å². The smallest absolute Gasteiger partial charge is 0.255 e. The number of benzene rings is 3. The fourth-order valence-electron chi connectivity index (χ4n) is 4.69. The lowest BCUT2D eigenvalue weighted by Crippen LogP contribution is -2.30. The Kier molecular flexibility index (Phi) is 6.21. The standard InChI is InChI=1S/C29H25N3O4/c1-18-7-16-24-25(17-18)29(36)32(28(24)35)23-14-10-20(11-15-23)27(34)31-22-12-8-19(9-13-22)26(33)30-21-5-3-2-4-6-21/h2-15,24-25H,16-17H2,1H3,(H,30,33)(H,31,34)/t24-,25-/m0/s1. The van der Waals surface area contributed by atoms with Gasteiger partial charge in [0.15, 0.2) is 0 Å². The molecule has 0 aromatic heterocycles. The number of nitrogens with one attached hydrogen (secondary N) is 2. The number of anilines is 3. The molecule has 2 aliphatic rings. The number of carbonyl (C=O) groups excluding carboxylic acids is 4. The van der Waals surface area contributed by atoms with Gasteiger partial charge in [0.25, 0.3) is 11.8 Å². The largest absolute Gasteiger partial charge is 0.322 e. The Morgan fingerprint density at radius 1 is 0.722 bits per heavy atom. The summed E-state index contributed by atoms with van der Waals surface area (Å²) in [6.45, 7) is 1.98. The minimum absolute atomic E-state index is 0.175. The average molecular weight is 480 g/mol. The van der Waals surface area contributed by atoms with E-state index in [1.165, 1.54) is 4.90 Å². The van der Waals surface area contributed by atoms with Gasteiger partial charge in [0.2, 0.25) is 11.8 Å². The third kappa shape index (κ3) is 4.55. The van der Waals surface area contributed by atoms with Crippen LogP contribution in [-0.4, -0.2) is 23.6 Å². The fraction of sp³-hybridized carbons (Fsp3) is 0.172. The van der Waals surface area contributed by atoms with Crippen LogP contribution in [0.5, 0.6) is 0 Å². The summed E-state index contributed by atoms with van der Waals surface area (Å²) < 4.78 is 0. The van der Waals surface area contributed by atoms with E-state index < -0.39 is 0 Å². The first-order valence-electron chi connectivity index (χ1n) is 11.8. The summed E-state index contributed by atoms with van der Waals surface area (Å²) in [5.74, 6) is -1.54. The summed E-state index contributed by atoms with van der Waals surface area (Å²) >= 11 is 0. The number of hydrogen-bond donors (Lipinski definition) is 2. The maximum absolute atomic E-state index is 12.9. The molecule has 1 heterocycles. The van der Waals surface area contributed by atoms with Crippen molar-refractivity contribution in [3.63, 3.8) is 0 Å². The van der Waals surface area contributed by atoms with Crippen LogP contribution in [0, 0.1) is 11.8 Å². The van der Waals surface area contributed by atoms with E-state index in [-0.39, 0.29) is 35.5 Å². The fourth-order valence-corrected chi connectivity index (χ4v) is 4.69. The summed E-state index contributed by atoms with van der Waals surface area (Å²) in [5.41, 5.74) is 3.70. The maximum atomic E-state index is 12.9. The van der Waals surface area contributed by atoms with Crippen molar-refractivity contribution in [1.29, 1.82) is 0 Å².